The van der Waals surface area contributed by atoms with Crippen LogP contribution in [0.4, 0.5) is 22.0 Å². The van der Waals surface area contributed by atoms with Gasteiger partial charge in [-0.1, -0.05) is 0 Å². The van der Waals surface area contributed by atoms with Gasteiger partial charge >= 0.3 is 11.4 Å². The molecule has 0 aliphatic carbocycles. The van der Waals surface area contributed by atoms with Gasteiger partial charge in [0.05, 0.1) is 6.42 Å². The quantitative estimate of drug-likeness (QED) is 0.736. The summed E-state index contributed by atoms with van der Waals surface area (Å²) in [6, 6.07) is 0. The molecule has 0 aromatic rings. The van der Waals surface area contributed by atoms with Crippen LogP contribution in [-0.4, -0.2) is 19.8 Å². The third-order valence-corrected chi connectivity index (χ3v) is 2.15. The molecule has 0 saturated carbocycles. The standard InChI is InChI=1S/C4H6F5NO2S/c5-3(6,7)1-2-4(8,9)13(10,11)12/h1-2H2,(H2,10,11,12). The van der Waals surface area contributed by atoms with Gasteiger partial charge in [-0.2, -0.15) is 22.0 Å². The van der Waals surface area contributed by atoms with Crippen LogP contribution >= 0.6 is 0 Å². The van der Waals surface area contributed by atoms with E-state index < -0.39 is 34.3 Å². The lowest BCUT2D eigenvalue weighted by molar-refractivity contribution is -0.143. The van der Waals surface area contributed by atoms with Crippen molar-refractivity contribution in [3.8, 4) is 0 Å². The SMILES string of the molecule is NS(=O)(=O)C(F)(F)CCC(F)(F)F. The smallest absolute Gasteiger partial charge is 0.223 e. The Hall–Kier alpha value is -0.440. The molecule has 80 valence electrons. The number of nitrogens with two attached hydrogens (primary N) is 1. The predicted molar refractivity (Wildman–Crippen MR) is 33.3 cm³/mol. The highest BCUT2D eigenvalue weighted by Crippen LogP contribution is 2.31. The second-order valence-corrected chi connectivity index (χ2v) is 3.98. The molecule has 0 aliphatic rings. The van der Waals surface area contributed by atoms with Crippen LogP contribution in [0.5, 0.6) is 0 Å². The molecule has 0 aromatic heterocycles. The third kappa shape index (κ3) is 4.36. The van der Waals surface area contributed by atoms with Crippen molar-refractivity contribution in [1.29, 1.82) is 0 Å². The highest BCUT2D eigenvalue weighted by atomic mass is 32.2. The van der Waals surface area contributed by atoms with Crippen LogP contribution in [0.2, 0.25) is 0 Å². The fourth-order valence-electron chi connectivity index (χ4n) is 0.430. The van der Waals surface area contributed by atoms with Gasteiger partial charge in [0.1, 0.15) is 0 Å². The van der Waals surface area contributed by atoms with Crippen LogP contribution in [0.1, 0.15) is 12.8 Å². The number of halogens is 5. The molecule has 0 saturated heterocycles. The number of hydrogen-bond acceptors (Lipinski definition) is 2. The second kappa shape index (κ2) is 3.37. The van der Waals surface area contributed by atoms with Gasteiger partial charge in [0.15, 0.2) is 0 Å². The van der Waals surface area contributed by atoms with Gasteiger partial charge in [0.25, 0.3) is 10.0 Å². The van der Waals surface area contributed by atoms with E-state index in [0.717, 1.165) is 0 Å². The van der Waals surface area contributed by atoms with Crippen molar-refractivity contribution in [3.05, 3.63) is 0 Å². The maximum Gasteiger partial charge on any atom is 0.389 e. The Morgan fingerprint density at radius 1 is 1.00 bits per heavy atom. The zero-order valence-electron chi connectivity index (χ0n) is 6.11. The van der Waals surface area contributed by atoms with Crippen molar-refractivity contribution in [2.75, 3.05) is 0 Å². The fraction of sp³-hybridized carbons (Fsp3) is 1.00. The Labute approximate surface area is 70.8 Å². The Morgan fingerprint density at radius 3 is 1.62 bits per heavy atom. The van der Waals surface area contributed by atoms with Crippen LogP contribution in [0.15, 0.2) is 0 Å². The lowest BCUT2D eigenvalue weighted by atomic mass is 10.3. The third-order valence-electron chi connectivity index (χ3n) is 1.12. The van der Waals surface area contributed by atoms with E-state index in [4.69, 9.17) is 0 Å². The van der Waals surface area contributed by atoms with Crippen molar-refractivity contribution in [1.82, 2.24) is 0 Å². The minimum Gasteiger partial charge on any atom is -0.223 e. The number of rotatable bonds is 3. The van der Waals surface area contributed by atoms with Crippen LogP contribution in [-0.2, 0) is 10.0 Å². The summed E-state index contributed by atoms with van der Waals surface area (Å²) in [6.45, 7) is 0. The highest BCUT2D eigenvalue weighted by molar-refractivity contribution is 7.90. The maximum absolute atomic E-state index is 12.2. The van der Waals surface area contributed by atoms with E-state index in [9.17, 15) is 30.4 Å². The molecule has 13 heavy (non-hydrogen) atoms. The summed E-state index contributed by atoms with van der Waals surface area (Å²) in [6.07, 6.45) is -8.57. The van der Waals surface area contributed by atoms with Crippen molar-refractivity contribution < 1.29 is 30.4 Å². The Bertz CT molecular complexity index is 269. The van der Waals surface area contributed by atoms with Gasteiger partial charge < -0.3 is 0 Å². The lowest BCUT2D eigenvalue weighted by Crippen LogP contribution is -2.36. The molecule has 0 rings (SSSR count). The molecular weight excluding hydrogens is 221 g/mol. The topological polar surface area (TPSA) is 60.2 Å². The van der Waals surface area contributed by atoms with E-state index in [1.54, 1.807) is 0 Å². The van der Waals surface area contributed by atoms with Crippen LogP contribution < -0.4 is 5.14 Å². The fourth-order valence-corrected chi connectivity index (χ4v) is 0.816. The minimum absolute atomic E-state index is 1.85. The molecule has 0 atom stereocenters. The zero-order valence-corrected chi connectivity index (χ0v) is 6.92. The molecule has 0 bridgehead atoms. The summed E-state index contributed by atoms with van der Waals surface area (Å²) in [5.41, 5.74) is 0. The molecule has 0 aliphatic heterocycles. The summed E-state index contributed by atoms with van der Waals surface area (Å²) in [7, 11) is -5.26. The Morgan fingerprint density at radius 2 is 1.38 bits per heavy atom. The van der Waals surface area contributed by atoms with Crippen molar-refractivity contribution in [3.63, 3.8) is 0 Å². The normalized spacial score (nSPS) is 14.6. The van der Waals surface area contributed by atoms with E-state index in [-0.39, 0.29) is 0 Å². The molecule has 3 nitrogen and oxygen atoms in total. The summed E-state index contributed by atoms with van der Waals surface area (Å²) < 4.78 is 78.8. The van der Waals surface area contributed by atoms with Gasteiger partial charge in [-0.3, -0.25) is 0 Å². The highest BCUT2D eigenvalue weighted by Gasteiger charge is 2.45. The predicted octanol–water partition coefficient (Wildman–Crippen LogP) is 1.21. The molecular formula is C4H6F5NO2S. The molecule has 0 amide bonds. The molecule has 0 heterocycles. The van der Waals surface area contributed by atoms with Crippen molar-refractivity contribution >= 4 is 10.0 Å². The van der Waals surface area contributed by atoms with E-state index >= 15 is 0 Å². The van der Waals surface area contributed by atoms with Gasteiger partial charge in [0, 0.05) is 6.42 Å². The summed E-state index contributed by atoms with van der Waals surface area (Å²) in [4.78, 5) is 0. The molecule has 9 heteroatoms. The number of sulfonamides is 1. The first-order valence-corrected chi connectivity index (χ1v) is 4.47. The van der Waals surface area contributed by atoms with Crippen LogP contribution in [0.25, 0.3) is 0 Å². The van der Waals surface area contributed by atoms with E-state index in [1.807, 2.05) is 0 Å². The summed E-state index contributed by atoms with van der Waals surface area (Å²) in [5.74, 6) is 0. The van der Waals surface area contributed by atoms with Gasteiger partial charge in [-0.15, -0.1) is 0 Å². The summed E-state index contributed by atoms with van der Waals surface area (Å²) >= 11 is 0. The maximum atomic E-state index is 12.2. The minimum atomic E-state index is -5.26. The number of primary sulfonamides is 1. The van der Waals surface area contributed by atoms with Gasteiger partial charge in [0.2, 0.25) is 0 Å². The van der Waals surface area contributed by atoms with E-state index in [0.29, 0.717) is 0 Å². The number of hydrogen-bond donors (Lipinski definition) is 1. The molecule has 0 spiro atoms. The largest absolute Gasteiger partial charge is 0.389 e. The first kappa shape index (κ1) is 12.6. The van der Waals surface area contributed by atoms with Crippen LogP contribution in [0, 0.1) is 0 Å². The zero-order chi connectivity index (χ0) is 10.9. The van der Waals surface area contributed by atoms with Crippen molar-refractivity contribution in [2.24, 2.45) is 5.14 Å². The summed E-state index contributed by atoms with van der Waals surface area (Å²) in [5, 5.41) is -0.528. The second-order valence-electron chi connectivity index (χ2n) is 2.30. The van der Waals surface area contributed by atoms with Crippen molar-refractivity contribution in [2.45, 2.75) is 24.3 Å². The first-order valence-electron chi connectivity index (χ1n) is 2.93. The average molecular weight is 227 g/mol. The Kier molecular flexibility index (Phi) is 3.26. The Balaban J connectivity index is 4.38. The number of alkyl halides is 5. The molecule has 0 aromatic carbocycles. The van der Waals surface area contributed by atoms with Crippen LogP contribution in [0.3, 0.4) is 0 Å². The molecule has 0 radical (unpaired) electrons. The molecule has 0 fully saturated rings. The molecule has 0 unspecified atom stereocenters. The lowest BCUT2D eigenvalue weighted by Gasteiger charge is -2.14. The monoisotopic (exact) mass is 227 g/mol. The first-order chi connectivity index (χ1) is 5.46. The van der Waals surface area contributed by atoms with Gasteiger partial charge in [-0.25, -0.2) is 13.6 Å². The van der Waals surface area contributed by atoms with Gasteiger partial charge in [-0.05, 0) is 0 Å². The van der Waals surface area contributed by atoms with E-state index in [1.165, 1.54) is 0 Å². The average Bonchev–Trinajstić information content (AvgIpc) is 1.79. The van der Waals surface area contributed by atoms with E-state index in [2.05, 4.69) is 5.14 Å². The molecule has 2 N–H and O–H groups in total.